The first-order chi connectivity index (χ1) is 34.7. The Kier molecular flexibility index (Phi) is 10.7. The smallest absolute Gasteiger partial charge is 0.252 e. The van der Waals surface area contributed by atoms with Crippen molar-refractivity contribution in [2.75, 3.05) is 14.7 Å². The monoisotopic (exact) mass is 955 g/mol. The van der Waals surface area contributed by atoms with E-state index in [1.165, 1.54) is 119 Å². The van der Waals surface area contributed by atoms with Gasteiger partial charge in [0.05, 0.1) is 16.9 Å². The molecule has 12 rings (SSSR count). The van der Waals surface area contributed by atoms with Gasteiger partial charge in [0.15, 0.2) is 0 Å². The van der Waals surface area contributed by atoms with E-state index in [2.05, 4.69) is 249 Å². The minimum atomic E-state index is -0.125. The van der Waals surface area contributed by atoms with Crippen LogP contribution < -0.4 is 31.1 Å². The molecule has 1 aromatic heterocycles. The highest BCUT2D eigenvalue weighted by Crippen LogP contribution is 2.62. The lowest BCUT2D eigenvalue weighted by Gasteiger charge is -2.50. The third-order valence-electron chi connectivity index (χ3n) is 17.6. The van der Waals surface area contributed by atoms with Gasteiger partial charge in [-0.25, -0.2) is 0 Å². The first kappa shape index (κ1) is 47.2. The van der Waals surface area contributed by atoms with Crippen molar-refractivity contribution in [2.45, 2.75) is 136 Å². The van der Waals surface area contributed by atoms with Crippen LogP contribution in [-0.2, 0) is 21.7 Å². The van der Waals surface area contributed by atoms with E-state index in [0.29, 0.717) is 0 Å². The van der Waals surface area contributed by atoms with E-state index in [4.69, 9.17) is 4.98 Å². The summed E-state index contributed by atoms with van der Waals surface area (Å²) in [4.78, 5) is 12.8. The fourth-order valence-electron chi connectivity index (χ4n) is 13.2. The number of rotatable bonds is 5. The summed E-state index contributed by atoms with van der Waals surface area (Å²) in [6, 6.07) is 61.1. The molecule has 5 heteroatoms. The summed E-state index contributed by atoms with van der Waals surface area (Å²) >= 11 is 0. The molecule has 7 aromatic carbocycles. The van der Waals surface area contributed by atoms with E-state index in [1.807, 2.05) is 12.3 Å². The van der Waals surface area contributed by atoms with E-state index >= 15 is 0 Å². The van der Waals surface area contributed by atoms with Crippen molar-refractivity contribution in [3.8, 4) is 22.4 Å². The number of fused-ring (bicyclic) bond motifs is 7. The normalized spacial score (nSPS) is 19.0. The second-order valence-corrected chi connectivity index (χ2v) is 25.3. The van der Waals surface area contributed by atoms with Crippen LogP contribution in [0.5, 0.6) is 0 Å². The molecule has 366 valence electrons. The quantitative estimate of drug-likeness (QED) is 0.160. The molecule has 4 nitrogen and oxygen atoms in total. The van der Waals surface area contributed by atoms with Gasteiger partial charge in [-0.3, -0.25) is 4.98 Å². The van der Waals surface area contributed by atoms with Crippen molar-refractivity contribution in [2.24, 2.45) is 0 Å². The number of pyridine rings is 1. The van der Waals surface area contributed by atoms with Crippen LogP contribution in [0.15, 0.2) is 164 Å². The van der Waals surface area contributed by atoms with Crippen molar-refractivity contribution >= 4 is 68.6 Å². The molecule has 73 heavy (non-hydrogen) atoms. The Labute approximate surface area is 436 Å². The minimum Gasteiger partial charge on any atom is -0.334 e. The van der Waals surface area contributed by atoms with E-state index in [0.717, 1.165) is 18.5 Å². The summed E-state index contributed by atoms with van der Waals surface area (Å²) in [5, 5.41) is 0. The molecule has 1 aliphatic carbocycles. The van der Waals surface area contributed by atoms with Crippen molar-refractivity contribution in [3.63, 3.8) is 0 Å². The minimum absolute atomic E-state index is 0.00336. The Morgan fingerprint density at radius 1 is 0.479 bits per heavy atom. The number of benzene rings is 7. The lowest BCUT2D eigenvalue weighted by molar-refractivity contribution is 0.195. The molecule has 0 radical (unpaired) electrons. The molecule has 4 heterocycles. The first-order valence-corrected chi connectivity index (χ1v) is 26.9. The van der Waals surface area contributed by atoms with Gasteiger partial charge in [-0.15, -0.1) is 0 Å². The molecule has 0 saturated heterocycles. The number of hydrogen-bond acceptors (Lipinski definition) is 4. The molecule has 0 bridgehead atoms. The summed E-state index contributed by atoms with van der Waals surface area (Å²) in [5.41, 5.74) is 25.1. The average molecular weight is 955 g/mol. The standard InChI is InChI=1S/C68H71BN4/c1-44-38-61-63-62(39-44)72(57-34-27-48(65(5,6)7)41-52(57)45-20-14-13-15-21-45)59-42-49(66(8,9)10)26-31-54(59)69(63)55-32-30-51(43-60(55)71(61)50-28-24-47(25-29-50)64(2,3)4)73-58-33-23-46(56-22-16-19-37-70-56)40-53(58)67(11)35-17-18-36-68(67,73)12/h13-16,19-34,37-43H,17-18,35-36H2,1-12H3. The van der Waals surface area contributed by atoms with Crippen molar-refractivity contribution in [1.82, 2.24) is 4.98 Å². The van der Waals surface area contributed by atoms with Crippen LogP contribution >= 0.6 is 0 Å². The number of nitrogens with zero attached hydrogens (tertiary/aromatic N) is 4. The highest BCUT2D eigenvalue weighted by Gasteiger charge is 2.58. The zero-order chi connectivity index (χ0) is 51.0. The Hall–Kier alpha value is -6.85. The molecule has 0 N–H and O–H groups in total. The second kappa shape index (κ2) is 16.6. The Morgan fingerprint density at radius 3 is 1.75 bits per heavy atom. The van der Waals surface area contributed by atoms with Gasteiger partial charge >= 0.3 is 0 Å². The summed E-state index contributed by atoms with van der Waals surface area (Å²) in [7, 11) is 0. The largest absolute Gasteiger partial charge is 0.334 e. The zero-order valence-electron chi connectivity index (χ0n) is 45.3. The second-order valence-electron chi connectivity index (χ2n) is 25.3. The lowest BCUT2D eigenvalue weighted by atomic mass is 9.33. The van der Waals surface area contributed by atoms with Gasteiger partial charge in [-0.1, -0.05) is 161 Å². The van der Waals surface area contributed by atoms with E-state index in [-0.39, 0.29) is 33.9 Å². The molecule has 2 unspecified atom stereocenters. The topological polar surface area (TPSA) is 22.6 Å². The summed E-state index contributed by atoms with van der Waals surface area (Å²) in [5.74, 6) is 0. The van der Waals surface area contributed by atoms with Crippen molar-refractivity contribution in [1.29, 1.82) is 0 Å². The lowest BCUT2D eigenvalue weighted by Crippen LogP contribution is -2.61. The fourth-order valence-corrected chi connectivity index (χ4v) is 13.2. The Bertz CT molecular complexity index is 3470. The van der Waals surface area contributed by atoms with Crippen LogP contribution in [0.25, 0.3) is 22.4 Å². The van der Waals surface area contributed by atoms with Crippen molar-refractivity contribution < 1.29 is 0 Å². The third-order valence-corrected chi connectivity index (χ3v) is 17.6. The van der Waals surface area contributed by atoms with Gasteiger partial charge in [0.25, 0.3) is 6.71 Å². The Morgan fingerprint density at radius 2 is 1.07 bits per heavy atom. The fraction of sp³-hybridized carbons (Fsp3) is 0.309. The molecule has 0 amide bonds. The van der Waals surface area contributed by atoms with Crippen LogP contribution in [0.4, 0.5) is 45.5 Å². The number of anilines is 8. The summed E-state index contributed by atoms with van der Waals surface area (Å²) < 4.78 is 0. The number of hydrogen-bond donors (Lipinski definition) is 0. The van der Waals surface area contributed by atoms with Gasteiger partial charge in [0, 0.05) is 62.6 Å². The molecule has 1 fully saturated rings. The van der Waals surface area contributed by atoms with Crippen LogP contribution in [0.2, 0.25) is 0 Å². The molecule has 2 atom stereocenters. The van der Waals surface area contributed by atoms with Gasteiger partial charge in [0.1, 0.15) is 0 Å². The third kappa shape index (κ3) is 7.42. The summed E-state index contributed by atoms with van der Waals surface area (Å²) in [6.45, 7) is 28.3. The first-order valence-electron chi connectivity index (χ1n) is 26.9. The molecule has 4 aliphatic rings. The highest BCUT2D eigenvalue weighted by atomic mass is 15.3. The molecule has 3 aliphatic heterocycles. The van der Waals surface area contributed by atoms with Crippen LogP contribution in [0.1, 0.15) is 130 Å². The van der Waals surface area contributed by atoms with Gasteiger partial charge in [-0.2, -0.15) is 0 Å². The van der Waals surface area contributed by atoms with E-state index in [1.54, 1.807) is 0 Å². The SMILES string of the molecule is Cc1cc2c3c(c1)N(c1ccc(C(C)(C)C)cc1-c1ccccc1)c1cc(C(C)(C)C)ccc1B3c1ccc(N3c4ccc(-c5ccccn5)cc4C4(C)CCCCC34C)cc1N2c1ccc(C(C)(C)C)cc1. The van der Waals surface area contributed by atoms with Crippen LogP contribution in [0.3, 0.4) is 0 Å². The average Bonchev–Trinajstić information content (AvgIpc) is 3.58. The molecular formula is C68H71BN4. The van der Waals surface area contributed by atoms with Crippen molar-refractivity contribution in [3.05, 3.63) is 192 Å². The maximum Gasteiger partial charge on any atom is 0.252 e. The number of aryl methyl sites for hydroxylation is 1. The van der Waals surface area contributed by atoms with E-state index in [9.17, 15) is 0 Å². The molecule has 8 aromatic rings. The maximum atomic E-state index is 4.81. The Balaban J connectivity index is 1.13. The number of aromatic nitrogens is 1. The summed E-state index contributed by atoms with van der Waals surface area (Å²) in [6.07, 6.45) is 6.64. The van der Waals surface area contributed by atoms with Gasteiger partial charge in [-0.05, 0) is 172 Å². The molecule has 0 spiro atoms. The predicted molar refractivity (Wildman–Crippen MR) is 313 cm³/mol. The predicted octanol–water partition coefficient (Wildman–Crippen LogP) is 16.4. The van der Waals surface area contributed by atoms with Gasteiger partial charge < -0.3 is 14.7 Å². The molecule has 1 saturated carbocycles. The maximum absolute atomic E-state index is 4.81. The van der Waals surface area contributed by atoms with E-state index < -0.39 is 0 Å². The van der Waals surface area contributed by atoms with Gasteiger partial charge in [0.2, 0.25) is 0 Å². The molecular weight excluding hydrogens is 884 g/mol. The zero-order valence-corrected chi connectivity index (χ0v) is 45.3. The highest BCUT2D eigenvalue weighted by molar-refractivity contribution is 7.00. The van der Waals surface area contributed by atoms with Crippen LogP contribution in [0, 0.1) is 6.92 Å². The van der Waals surface area contributed by atoms with Crippen LogP contribution in [-0.4, -0.2) is 17.2 Å².